The molecular weight excluding hydrogens is 268 g/mol. The number of carbonyl (C=O) groups is 2. The lowest BCUT2D eigenvalue weighted by atomic mass is 9.90. The fourth-order valence-corrected chi connectivity index (χ4v) is 3.49. The predicted octanol–water partition coefficient (Wildman–Crippen LogP) is 2.36. The third-order valence-corrected chi connectivity index (χ3v) is 4.44. The van der Waals surface area contributed by atoms with Crippen LogP contribution in [0, 0.1) is 0 Å². The van der Waals surface area contributed by atoms with E-state index < -0.39 is 6.09 Å². The van der Waals surface area contributed by atoms with Gasteiger partial charge in [-0.25, -0.2) is 4.79 Å². The fraction of sp³-hybridized carbons (Fsp3) is 0.375. The minimum absolute atomic E-state index is 0.0663. The number of fused-ring (bicyclic) bond motifs is 1. The Kier molecular flexibility index (Phi) is 3.41. The molecule has 0 unspecified atom stereocenters. The van der Waals surface area contributed by atoms with Gasteiger partial charge < -0.3 is 10.0 Å². The van der Waals surface area contributed by atoms with Crippen molar-refractivity contribution in [3.05, 3.63) is 42.0 Å². The molecule has 0 spiro atoms. The number of nitrogens with zero attached hydrogens (tertiary/aromatic N) is 2. The van der Waals surface area contributed by atoms with Gasteiger partial charge in [0.2, 0.25) is 5.91 Å². The Morgan fingerprint density at radius 3 is 2.81 bits per heavy atom. The smallest absolute Gasteiger partial charge is 0.407 e. The minimum Gasteiger partial charge on any atom is -0.465 e. The second kappa shape index (κ2) is 5.24. The Morgan fingerprint density at radius 2 is 2.10 bits per heavy atom. The molecule has 2 aliphatic rings. The zero-order valence-corrected chi connectivity index (χ0v) is 11.7. The number of hydrogen-bond donors (Lipinski definition) is 1. The van der Waals surface area contributed by atoms with Crippen LogP contribution in [0.2, 0.25) is 0 Å². The van der Waals surface area contributed by atoms with Crippen molar-refractivity contribution in [2.75, 3.05) is 13.1 Å². The van der Waals surface area contributed by atoms with Crippen LogP contribution in [0.3, 0.4) is 0 Å². The SMILES string of the molecule is C=Cc1ccccc1[C@H]1[C@@H]2CCC(=O)N2CCN1C(=O)O. The van der Waals surface area contributed by atoms with Gasteiger partial charge in [0.25, 0.3) is 0 Å². The molecule has 2 amide bonds. The molecule has 2 atom stereocenters. The second-order valence-corrected chi connectivity index (χ2v) is 5.45. The molecular formula is C16H18N2O3. The Hall–Kier alpha value is -2.30. The van der Waals surface area contributed by atoms with E-state index in [1.54, 1.807) is 6.08 Å². The molecule has 0 saturated carbocycles. The van der Waals surface area contributed by atoms with E-state index in [0.29, 0.717) is 25.9 Å². The van der Waals surface area contributed by atoms with Gasteiger partial charge in [-0.2, -0.15) is 0 Å². The molecule has 0 radical (unpaired) electrons. The van der Waals surface area contributed by atoms with Crippen molar-refractivity contribution in [2.45, 2.75) is 24.9 Å². The molecule has 110 valence electrons. The summed E-state index contributed by atoms with van der Waals surface area (Å²) >= 11 is 0. The highest BCUT2D eigenvalue weighted by Crippen LogP contribution is 2.38. The molecule has 2 aliphatic heterocycles. The fourth-order valence-electron chi connectivity index (χ4n) is 3.49. The molecule has 1 aromatic carbocycles. The van der Waals surface area contributed by atoms with Crippen molar-refractivity contribution >= 4 is 18.1 Å². The highest BCUT2D eigenvalue weighted by atomic mass is 16.4. The molecule has 0 aliphatic carbocycles. The quantitative estimate of drug-likeness (QED) is 0.908. The van der Waals surface area contributed by atoms with Crippen LogP contribution in [-0.4, -0.2) is 46.0 Å². The lowest BCUT2D eigenvalue weighted by Gasteiger charge is -2.44. The molecule has 1 N–H and O–H groups in total. The van der Waals surface area contributed by atoms with E-state index in [2.05, 4.69) is 6.58 Å². The average molecular weight is 286 g/mol. The number of carboxylic acid groups (broad SMARTS) is 1. The van der Waals surface area contributed by atoms with Crippen molar-refractivity contribution < 1.29 is 14.7 Å². The summed E-state index contributed by atoms with van der Waals surface area (Å²) in [4.78, 5) is 26.9. The maximum atomic E-state index is 12.0. The van der Waals surface area contributed by atoms with E-state index in [0.717, 1.165) is 11.1 Å². The Bertz CT molecular complexity index is 599. The number of rotatable bonds is 2. The molecule has 3 rings (SSSR count). The molecule has 2 saturated heterocycles. The standard InChI is InChI=1S/C16H18N2O3/c1-2-11-5-3-4-6-12(11)15-13-7-8-14(19)17(13)9-10-18(15)16(20)21/h2-6,13,15H,1,7-10H2,(H,20,21)/t13-,15-/m0/s1. The minimum atomic E-state index is -0.933. The first-order valence-corrected chi connectivity index (χ1v) is 7.14. The van der Waals surface area contributed by atoms with E-state index in [4.69, 9.17) is 0 Å². The highest BCUT2D eigenvalue weighted by molar-refractivity contribution is 5.80. The van der Waals surface area contributed by atoms with Gasteiger partial charge in [0.05, 0.1) is 12.1 Å². The van der Waals surface area contributed by atoms with E-state index in [-0.39, 0.29) is 18.0 Å². The van der Waals surface area contributed by atoms with Crippen molar-refractivity contribution in [3.63, 3.8) is 0 Å². The first-order chi connectivity index (χ1) is 10.1. The summed E-state index contributed by atoms with van der Waals surface area (Å²) in [7, 11) is 0. The van der Waals surface area contributed by atoms with Crippen LogP contribution in [0.15, 0.2) is 30.8 Å². The third kappa shape index (κ3) is 2.18. The summed E-state index contributed by atoms with van der Waals surface area (Å²) in [5.74, 6) is 0.131. The number of benzene rings is 1. The van der Waals surface area contributed by atoms with E-state index in [9.17, 15) is 14.7 Å². The molecule has 5 heteroatoms. The second-order valence-electron chi connectivity index (χ2n) is 5.45. The van der Waals surface area contributed by atoms with Gasteiger partial charge in [0.1, 0.15) is 0 Å². The largest absolute Gasteiger partial charge is 0.465 e. The van der Waals surface area contributed by atoms with Crippen LogP contribution in [-0.2, 0) is 4.79 Å². The number of carbonyl (C=O) groups excluding carboxylic acids is 1. The summed E-state index contributed by atoms with van der Waals surface area (Å²) in [5.41, 5.74) is 1.86. The van der Waals surface area contributed by atoms with Crippen molar-refractivity contribution in [1.29, 1.82) is 0 Å². The number of amides is 2. The van der Waals surface area contributed by atoms with Gasteiger partial charge in [-0.1, -0.05) is 36.9 Å². The lowest BCUT2D eigenvalue weighted by molar-refractivity contribution is -0.131. The first-order valence-electron chi connectivity index (χ1n) is 7.14. The van der Waals surface area contributed by atoms with Crippen LogP contribution in [0.4, 0.5) is 4.79 Å². The van der Waals surface area contributed by atoms with Crippen molar-refractivity contribution in [2.24, 2.45) is 0 Å². The molecule has 0 bridgehead atoms. The molecule has 0 aromatic heterocycles. The summed E-state index contributed by atoms with van der Waals surface area (Å²) < 4.78 is 0. The maximum Gasteiger partial charge on any atom is 0.407 e. The molecule has 1 aromatic rings. The van der Waals surface area contributed by atoms with Gasteiger partial charge in [-0.3, -0.25) is 9.69 Å². The zero-order chi connectivity index (χ0) is 15.0. The topological polar surface area (TPSA) is 60.9 Å². The number of hydrogen-bond acceptors (Lipinski definition) is 2. The van der Waals surface area contributed by atoms with Crippen LogP contribution >= 0.6 is 0 Å². The monoisotopic (exact) mass is 286 g/mol. The normalized spacial score (nSPS) is 24.9. The van der Waals surface area contributed by atoms with Gasteiger partial charge in [-0.15, -0.1) is 0 Å². The van der Waals surface area contributed by atoms with Gasteiger partial charge in [-0.05, 0) is 17.5 Å². The summed E-state index contributed by atoms with van der Waals surface area (Å²) in [6.45, 7) is 4.65. The van der Waals surface area contributed by atoms with Crippen molar-refractivity contribution in [1.82, 2.24) is 9.80 Å². The third-order valence-electron chi connectivity index (χ3n) is 4.44. The maximum absolute atomic E-state index is 12.0. The molecule has 5 nitrogen and oxygen atoms in total. The first kappa shape index (κ1) is 13.7. The Labute approximate surface area is 123 Å². The molecule has 2 fully saturated rings. The van der Waals surface area contributed by atoms with E-state index >= 15 is 0 Å². The van der Waals surface area contributed by atoms with E-state index in [1.807, 2.05) is 29.2 Å². The van der Waals surface area contributed by atoms with Gasteiger partial charge in [0, 0.05) is 19.5 Å². The Balaban J connectivity index is 2.06. The van der Waals surface area contributed by atoms with Gasteiger partial charge in [0.15, 0.2) is 0 Å². The number of piperazine rings is 1. The summed E-state index contributed by atoms with van der Waals surface area (Å²) in [6.07, 6.45) is 2.02. The van der Waals surface area contributed by atoms with Crippen LogP contribution in [0.25, 0.3) is 6.08 Å². The van der Waals surface area contributed by atoms with Gasteiger partial charge >= 0.3 is 6.09 Å². The molecule has 2 heterocycles. The van der Waals surface area contributed by atoms with Crippen LogP contribution < -0.4 is 0 Å². The summed E-state index contributed by atoms with van der Waals surface area (Å²) in [6, 6.07) is 7.30. The highest BCUT2D eigenvalue weighted by Gasteiger charge is 2.45. The zero-order valence-electron chi connectivity index (χ0n) is 11.7. The van der Waals surface area contributed by atoms with Crippen LogP contribution in [0.1, 0.15) is 30.0 Å². The van der Waals surface area contributed by atoms with Crippen molar-refractivity contribution in [3.8, 4) is 0 Å². The molecule has 21 heavy (non-hydrogen) atoms. The lowest BCUT2D eigenvalue weighted by Crippen LogP contribution is -2.54. The Morgan fingerprint density at radius 1 is 1.33 bits per heavy atom. The predicted molar refractivity (Wildman–Crippen MR) is 78.7 cm³/mol. The van der Waals surface area contributed by atoms with E-state index in [1.165, 1.54) is 4.90 Å². The average Bonchev–Trinajstić information content (AvgIpc) is 2.88. The van der Waals surface area contributed by atoms with Crippen LogP contribution in [0.5, 0.6) is 0 Å². The summed E-state index contributed by atoms with van der Waals surface area (Å²) in [5, 5.41) is 9.52.